The highest BCUT2D eigenvalue weighted by Crippen LogP contribution is 2.30. The normalized spacial score (nSPS) is 14.5. The summed E-state index contributed by atoms with van der Waals surface area (Å²) >= 11 is 4.44. The van der Waals surface area contributed by atoms with Crippen molar-refractivity contribution in [3.05, 3.63) is 59.3 Å². The van der Waals surface area contributed by atoms with Crippen molar-refractivity contribution in [2.45, 2.75) is 37.4 Å². The molecule has 3 nitrogen and oxygen atoms in total. The van der Waals surface area contributed by atoms with Crippen molar-refractivity contribution in [1.82, 2.24) is 15.1 Å². The van der Waals surface area contributed by atoms with Crippen molar-refractivity contribution in [1.29, 1.82) is 0 Å². The summed E-state index contributed by atoms with van der Waals surface area (Å²) in [6, 6.07) is 12.5. The second-order valence-electron chi connectivity index (χ2n) is 6.79. The summed E-state index contributed by atoms with van der Waals surface area (Å²) in [7, 11) is 0. The minimum atomic E-state index is -0.193. The lowest BCUT2D eigenvalue weighted by Crippen LogP contribution is -2.38. The van der Waals surface area contributed by atoms with Crippen LogP contribution in [-0.2, 0) is 13.1 Å². The fraction of sp³-hybridized carbons (Fsp3) is 0.250. The van der Waals surface area contributed by atoms with E-state index >= 15 is 0 Å². The molecule has 0 amide bonds. The molecule has 4 rings (SSSR count). The van der Waals surface area contributed by atoms with Gasteiger partial charge in [0.1, 0.15) is 0 Å². The highest BCUT2D eigenvalue weighted by atomic mass is 32.1. The zero-order valence-corrected chi connectivity index (χ0v) is 14.7. The Morgan fingerprint density at radius 1 is 1.12 bits per heavy atom. The summed E-state index contributed by atoms with van der Waals surface area (Å²) < 4.78 is 0. The van der Waals surface area contributed by atoms with E-state index in [4.69, 9.17) is 0 Å². The quantitative estimate of drug-likeness (QED) is 0.521. The van der Waals surface area contributed by atoms with Crippen LogP contribution in [0.5, 0.6) is 0 Å². The number of hydrogen-bond acceptors (Lipinski definition) is 3. The number of nitrogens with zero attached hydrogens (tertiary/aromatic N) is 2. The molecule has 0 unspecified atom stereocenters. The molecule has 0 bridgehead atoms. The van der Waals surface area contributed by atoms with Crippen molar-refractivity contribution in [2.24, 2.45) is 0 Å². The van der Waals surface area contributed by atoms with Gasteiger partial charge in [0.25, 0.3) is 0 Å². The van der Waals surface area contributed by atoms with Crippen molar-refractivity contribution in [3.63, 3.8) is 0 Å². The Balaban J connectivity index is 1.58. The molecule has 120 valence electrons. The van der Waals surface area contributed by atoms with Gasteiger partial charge < -0.3 is 0 Å². The number of hydrogen-bond donors (Lipinski definition) is 2. The highest BCUT2D eigenvalue weighted by Gasteiger charge is 2.30. The van der Waals surface area contributed by atoms with E-state index in [-0.39, 0.29) is 5.54 Å². The Kier molecular flexibility index (Phi) is 3.64. The SMILES string of the molecule is CC(C)(C#Cc1ccc2[nH]ncc2c1)N1Cc2ccc(S)cc2C1. The van der Waals surface area contributed by atoms with Gasteiger partial charge >= 0.3 is 0 Å². The van der Waals surface area contributed by atoms with Crippen LogP contribution in [0.1, 0.15) is 30.5 Å². The topological polar surface area (TPSA) is 31.9 Å². The molecule has 1 aliphatic heterocycles. The van der Waals surface area contributed by atoms with Crippen molar-refractivity contribution in [3.8, 4) is 11.8 Å². The molecule has 0 radical (unpaired) electrons. The molecule has 1 aromatic heterocycles. The molecular weight excluding hydrogens is 314 g/mol. The van der Waals surface area contributed by atoms with Gasteiger partial charge in [-0.3, -0.25) is 10.00 Å². The standard InChI is InChI=1S/C20H19N3S/c1-20(2,23-12-15-4-5-18(24)10-17(15)13-23)8-7-14-3-6-19-16(9-14)11-21-22-19/h3-6,9-11,24H,12-13H2,1-2H3,(H,21,22). The third-order valence-corrected chi connectivity index (χ3v) is 4.93. The molecule has 3 aromatic rings. The maximum Gasteiger partial charge on any atom is 0.0778 e. The molecule has 2 heterocycles. The molecule has 0 spiro atoms. The maximum atomic E-state index is 4.44. The Hall–Kier alpha value is -2.22. The summed E-state index contributed by atoms with van der Waals surface area (Å²) in [4.78, 5) is 3.43. The van der Waals surface area contributed by atoms with Gasteiger partial charge in [0.2, 0.25) is 0 Å². The second-order valence-corrected chi connectivity index (χ2v) is 7.31. The minimum absolute atomic E-state index is 0.193. The summed E-state index contributed by atoms with van der Waals surface area (Å²) in [6.07, 6.45) is 1.83. The predicted molar refractivity (Wildman–Crippen MR) is 100.0 cm³/mol. The van der Waals surface area contributed by atoms with E-state index in [1.807, 2.05) is 18.3 Å². The molecule has 1 aliphatic rings. The van der Waals surface area contributed by atoms with E-state index in [0.717, 1.165) is 34.5 Å². The van der Waals surface area contributed by atoms with E-state index in [0.29, 0.717) is 0 Å². The number of thiol groups is 1. The van der Waals surface area contributed by atoms with Crippen LogP contribution in [-0.4, -0.2) is 20.6 Å². The molecule has 4 heteroatoms. The first-order chi connectivity index (χ1) is 11.5. The van der Waals surface area contributed by atoms with Crippen LogP contribution >= 0.6 is 12.6 Å². The fourth-order valence-electron chi connectivity index (χ4n) is 3.10. The van der Waals surface area contributed by atoms with Gasteiger partial charge in [-0.15, -0.1) is 12.6 Å². The van der Waals surface area contributed by atoms with Gasteiger partial charge in [-0.2, -0.15) is 5.10 Å². The zero-order chi connectivity index (χ0) is 16.7. The predicted octanol–water partition coefficient (Wildman–Crippen LogP) is 4.00. The maximum absolute atomic E-state index is 4.44. The molecule has 24 heavy (non-hydrogen) atoms. The monoisotopic (exact) mass is 333 g/mol. The Morgan fingerprint density at radius 3 is 2.83 bits per heavy atom. The van der Waals surface area contributed by atoms with Crippen molar-refractivity contribution in [2.75, 3.05) is 0 Å². The van der Waals surface area contributed by atoms with E-state index < -0.39 is 0 Å². The molecule has 0 saturated carbocycles. The van der Waals surface area contributed by atoms with Crippen LogP contribution in [0.2, 0.25) is 0 Å². The first kappa shape index (κ1) is 15.3. The van der Waals surface area contributed by atoms with Crippen LogP contribution in [0.25, 0.3) is 10.9 Å². The van der Waals surface area contributed by atoms with E-state index in [1.165, 1.54) is 11.1 Å². The van der Waals surface area contributed by atoms with Crippen molar-refractivity contribution < 1.29 is 0 Å². The van der Waals surface area contributed by atoms with Crippen LogP contribution < -0.4 is 0 Å². The molecule has 2 aromatic carbocycles. The lowest BCUT2D eigenvalue weighted by atomic mass is 10.0. The van der Waals surface area contributed by atoms with Gasteiger partial charge in [-0.25, -0.2) is 0 Å². The molecule has 0 saturated heterocycles. The van der Waals surface area contributed by atoms with E-state index in [1.54, 1.807) is 0 Å². The highest BCUT2D eigenvalue weighted by molar-refractivity contribution is 7.80. The summed E-state index contributed by atoms with van der Waals surface area (Å²) in [5, 5.41) is 8.11. The second kappa shape index (κ2) is 5.70. The van der Waals surface area contributed by atoms with Crippen LogP contribution in [0, 0.1) is 11.8 Å². The van der Waals surface area contributed by atoms with Crippen molar-refractivity contribution >= 4 is 23.5 Å². The first-order valence-electron chi connectivity index (χ1n) is 8.03. The number of nitrogens with one attached hydrogen (secondary N) is 1. The van der Waals surface area contributed by atoms with Crippen LogP contribution in [0.3, 0.4) is 0 Å². The zero-order valence-electron chi connectivity index (χ0n) is 13.8. The number of aromatic nitrogens is 2. The summed E-state index contributed by atoms with van der Waals surface area (Å²) in [5.41, 5.74) is 4.60. The van der Waals surface area contributed by atoms with Gasteiger partial charge in [0.05, 0.1) is 17.3 Å². The largest absolute Gasteiger partial charge is 0.279 e. The Labute approximate surface area is 147 Å². The number of rotatable bonds is 1. The first-order valence-corrected chi connectivity index (χ1v) is 8.48. The average Bonchev–Trinajstić information content (AvgIpc) is 3.18. The Bertz CT molecular complexity index is 975. The molecule has 0 fully saturated rings. The van der Waals surface area contributed by atoms with Gasteiger partial charge in [-0.1, -0.05) is 17.9 Å². The number of fused-ring (bicyclic) bond motifs is 2. The van der Waals surface area contributed by atoms with E-state index in [2.05, 4.69) is 77.7 Å². The lowest BCUT2D eigenvalue weighted by Gasteiger charge is -2.30. The lowest BCUT2D eigenvalue weighted by molar-refractivity contribution is 0.171. The number of aromatic amines is 1. The van der Waals surface area contributed by atoms with Crippen LogP contribution in [0.15, 0.2) is 47.5 Å². The van der Waals surface area contributed by atoms with Gasteiger partial charge in [-0.05, 0) is 55.3 Å². The van der Waals surface area contributed by atoms with Crippen LogP contribution in [0.4, 0.5) is 0 Å². The van der Waals surface area contributed by atoms with E-state index in [9.17, 15) is 0 Å². The minimum Gasteiger partial charge on any atom is -0.279 e. The van der Waals surface area contributed by atoms with Gasteiger partial charge in [0, 0.05) is 28.9 Å². The smallest absolute Gasteiger partial charge is 0.0778 e. The third kappa shape index (κ3) is 2.82. The fourth-order valence-corrected chi connectivity index (χ4v) is 3.33. The summed E-state index contributed by atoms with van der Waals surface area (Å²) in [5.74, 6) is 6.78. The summed E-state index contributed by atoms with van der Waals surface area (Å²) in [6.45, 7) is 6.23. The number of H-pyrrole nitrogens is 1. The van der Waals surface area contributed by atoms with Gasteiger partial charge in [0.15, 0.2) is 0 Å². The molecular formula is C20H19N3S. The molecule has 0 aliphatic carbocycles. The average molecular weight is 333 g/mol. The molecule has 0 atom stereocenters. The number of benzene rings is 2. The third-order valence-electron chi connectivity index (χ3n) is 4.66. The Morgan fingerprint density at radius 2 is 1.96 bits per heavy atom. The molecule has 1 N–H and O–H groups in total.